The molecule has 0 unspecified atom stereocenters. The van der Waals surface area contributed by atoms with Crippen molar-refractivity contribution >= 4 is 23.4 Å². The molecule has 0 saturated carbocycles. The fraction of sp³-hybridized carbons (Fsp3) is 0.273. The number of allylic oxidation sites excluding steroid dienone is 2. The molecule has 2 rings (SSSR count). The van der Waals surface area contributed by atoms with Gasteiger partial charge in [-0.25, -0.2) is 0 Å². The van der Waals surface area contributed by atoms with Gasteiger partial charge in [-0.2, -0.15) is 0 Å². The van der Waals surface area contributed by atoms with E-state index in [1.54, 1.807) is 18.9 Å². The Morgan fingerprint density at radius 3 is 2.36 bits per heavy atom. The van der Waals surface area contributed by atoms with Gasteiger partial charge in [-0.1, -0.05) is 23.4 Å². The number of hydrogen-bond acceptors (Lipinski definition) is 2. The van der Waals surface area contributed by atoms with Gasteiger partial charge in [0.15, 0.2) is 0 Å². The lowest BCUT2D eigenvalue weighted by molar-refractivity contribution is 0.414. The van der Waals surface area contributed by atoms with Crippen LogP contribution < -0.4 is 4.74 Å². The van der Waals surface area contributed by atoms with E-state index in [9.17, 15) is 0 Å². The van der Waals surface area contributed by atoms with E-state index in [0.29, 0.717) is 0 Å². The molecule has 0 spiro atoms. The van der Waals surface area contributed by atoms with E-state index < -0.39 is 0 Å². The van der Waals surface area contributed by atoms with Crippen LogP contribution in [0.3, 0.4) is 0 Å². The second-order valence-corrected chi connectivity index (χ2v) is 4.73. The van der Waals surface area contributed by atoms with E-state index in [4.69, 9.17) is 16.3 Å². The Kier molecular flexibility index (Phi) is 3.04. The first-order valence-corrected chi connectivity index (χ1v) is 5.68. The Labute approximate surface area is 93.1 Å². The lowest BCUT2D eigenvalue weighted by Gasteiger charge is -2.17. The Hall–Kier alpha value is -0.600. The standard InChI is InChI=1S/C11H11ClOS/c1-13-8-2-4-9(5-3-8)14-11-7-6-10(11)12/h2-5H,6-7H2,1H3. The molecule has 0 N–H and O–H groups in total. The fourth-order valence-electron chi connectivity index (χ4n) is 1.21. The van der Waals surface area contributed by atoms with Crippen molar-refractivity contribution in [1.82, 2.24) is 0 Å². The summed E-state index contributed by atoms with van der Waals surface area (Å²) in [5, 5.41) is 1.02. The zero-order valence-corrected chi connectivity index (χ0v) is 9.49. The number of halogens is 1. The quantitative estimate of drug-likeness (QED) is 0.770. The number of ether oxygens (including phenoxy) is 1. The maximum absolute atomic E-state index is 5.96. The molecule has 14 heavy (non-hydrogen) atoms. The number of benzene rings is 1. The Morgan fingerprint density at radius 2 is 1.93 bits per heavy atom. The van der Waals surface area contributed by atoms with Crippen molar-refractivity contribution in [2.75, 3.05) is 7.11 Å². The van der Waals surface area contributed by atoms with E-state index in [1.807, 2.05) is 12.1 Å². The summed E-state index contributed by atoms with van der Waals surface area (Å²) >= 11 is 7.71. The van der Waals surface area contributed by atoms with Crippen molar-refractivity contribution in [2.24, 2.45) is 0 Å². The molecule has 1 aliphatic rings. The topological polar surface area (TPSA) is 9.23 Å². The maximum Gasteiger partial charge on any atom is 0.118 e. The first-order valence-electron chi connectivity index (χ1n) is 4.49. The summed E-state index contributed by atoms with van der Waals surface area (Å²) < 4.78 is 5.09. The SMILES string of the molecule is COc1ccc(SC2=C(Cl)CC2)cc1. The molecule has 0 aromatic heterocycles. The summed E-state index contributed by atoms with van der Waals surface area (Å²) in [5.74, 6) is 0.892. The lowest BCUT2D eigenvalue weighted by atomic mass is 10.1. The molecule has 74 valence electrons. The number of rotatable bonds is 3. The van der Waals surface area contributed by atoms with Crippen LogP contribution in [0, 0.1) is 0 Å². The van der Waals surface area contributed by atoms with E-state index in [-0.39, 0.29) is 0 Å². The second kappa shape index (κ2) is 4.28. The van der Waals surface area contributed by atoms with Crippen LogP contribution in [0.1, 0.15) is 12.8 Å². The minimum atomic E-state index is 0.892. The third-order valence-corrected chi connectivity index (χ3v) is 3.91. The largest absolute Gasteiger partial charge is 0.497 e. The Balaban J connectivity index is 2.07. The monoisotopic (exact) mass is 226 g/mol. The zero-order chi connectivity index (χ0) is 9.97. The van der Waals surface area contributed by atoms with Gasteiger partial charge in [0.05, 0.1) is 7.11 Å². The molecular formula is C11H11ClOS. The van der Waals surface area contributed by atoms with Crippen molar-refractivity contribution in [3.05, 3.63) is 34.2 Å². The molecular weight excluding hydrogens is 216 g/mol. The fourth-order valence-corrected chi connectivity index (χ4v) is 2.49. The number of hydrogen-bond donors (Lipinski definition) is 0. The molecule has 0 aliphatic heterocycles. The van der Waals surface area contributed by atoms with Crippen molar-refractivity contribution in [1.29, 1.82) is 0 Å². The molecule has 1 nitrogen and oxygen atoms in total. The summed E-state index contributed by atoms with van der Waals surface area (Å²) in [6.45, 7) is 0. The Morgan fingerprint density at radius 1 is 1.21 bits per heavy atom. The first-order chi connectivity index (χ1) is 6.79. The smallest absolute Gasteiger partial charge is 0.118 e. The molecule has 0 bridgehead atoms. The van der Waals surface area contributed by atoms with E-state index in [1.165, 1.54) is 9.80 Å². The predicted molar refractivity (Wildman–Crippen MR) is 61.0 cm³/mol. The van der Waals surface area contributed by atoms with Gasteiger partial charge >= 0.3 is 0 Å². The van der Waals surface area contributed by atoms with E-state index in [2.05, 4.69) is 12.1 Å². The molecule has 0 atom stereocenters. The van der Waals surface area contributed by atoms with Crippen LogP contribution in [0.4, 0.5) is 0 Å². The lowest BCUT2D eigenvalue weighted by Crippen LogP contribution is -1.94. The highest BCUT2D eigenvalue weighted by atomic mass is 35.5. The summed E-state index contributed by atoms with van der Waals surface area (Å²) in [5.41, 5.74) is 0. The van der Waals surface area contributed by atoms with Gasteiger partial charge in [0.1, 0.15) is 5.75 Å². The molecule has 0 amide bonds. The van der Waals surface area contributed by atoms with Gasteiger partial charge in [0, 0.05) is 14.8 Å². The average molecular weight is 227 g/mol. The molecule has 3 heteroatoms. The van der Waals surface area contributed by atoms with Crippen molar-refractivity contribution in [2.45, 2.75) is 17.7 Å². The summed E-state index contributed by atoms with van der Waals surface area (Å²) in [6.07, 6.45) is 2.16. The van der Waals surface area contributed by atoms with E-state index in [0.717, 1.165) is 23.6 Å². The third-order valence-electron chi connectivity index (χ3n) is 2.17. The van der Waals surface area contributed by atoms with E-state index >= 15 is 0 Å². The normalized spacial score (nSPS) is 15.3. The minimum absolute atomic E-state index is 0.892. The van der Waals surface area contributed by atoms with Gasteiger partial charge in [0.25, 0.3) is 0 Å². The number of methoxy groups -OCH3 is 1. The third kappa shape index (κ3) is 2.07. The zero-order valence-electron chi connectivity index (χ0n) is 7.92. The van der Waals surface area contributed by atoms with Crippen LogP contribution in [-0.2, 0) is 0 Å². The van der Waals surface area contributed by atoms with Gasteiger partial charge in [-0.15, -0.1) is 0 Å². The molecule has 0 heterocycles. The van der Waals surface area contributed by atoms with Gasteiger partial charge in [0.2, 0.25) is 0 Å². The second-order valence-electron chi connectivity index (χ2n) is 3.11. The minimum Gasteiger partial charge on any atom is -0.497 e. The average Bonchev–Trinajstić information content (AvgIpc) is 2.24. The summed E-state index contributed by atoms with van der Waals surface area (Å²) in [6, 6.07) is 8.04. The van der Waals surface area contributed by atoms with Crippen LogP contribution in [0.25, 0.3) is 0 Å². The molecule has 0 radical (unpaired) electrons. The first kappa shape index (κ1) is 9.94. The highest BCUT2D eigenvalue weighted by Crippen LogP contribution is 2.42. The molecule has 1 aromatic rings. The van der Waals surface area contributed by atoms with Crippen LogP contribution in [0.15, 0.2) is 39.1 Å². The summed E-state index contributed by atoms with van der Waals surface area (Å²) in [4.78, 5) is 2.52. The molecule has 1 aromatic carbocycles. The van der Waals surface area contributed by atoms with Crippen molar-refractivity contribution < 1.29 is 4.74 Å². The van der Waals surface area contributed by atoms with Crippen molar-refractivity contribution in [3.63, 3.8) is 0 Å². The molecule has 0 saturated heterocycles. The van der Waals surface area contributed by atoms with Crippen molar-refractivity contribution in [3.8, 4) is 5.75 Å². The van der Waals surface area contributed by atoms with Crippen LogP contribution in [0.2, 0.25) is 0 Å². The highest BCUT2D eigenvalue weighted by molar-refractivity contribution is 8.03. The van der Waals surface area contributed by atoms with Gasteiger partial charge in [-0.05, 0) is 37.1 Å². The summed E-state index contributed by atoms with van der Waals surface area (Å²) in [7, 11) is 1.67. The Bertz CT molecular complexity index is 356. The van der Waals surface area contributed by atoms with Crippen LogP contribution in [-0.4, -0.2) is 7.11 Å². The number of thioether (sulfide) groups is 1. The predicted octanol–water partition coefficient (Wildman–Crippen LogP) is 4.03. The maximum atomic E-state index is 5.96. The van der Waals surface area contributed by atoms with Gasteiger partial charge in [-0.3, -0.25) is 0 Å². The molecule has 0 fully saturated rings. The molecule has 1 aliphatic carbocycles. The van der Waals surface area contributed by atoms with Gasteiger partial charge < -0.3 is 4.74 Å². The highest BCUT2D eigenvalue weighted by Gasteiger charge is 2.15. The van der Waals surface area contributed by atoms with Crippen LogP contribution in [0.5, 0.6) is 5.75 Å². The van der Waals surface area contributed by atoms with Crippen LogP contribution >= 0.6 is 23.4 Å².